The van der Waals surface area contributed by atoms with E-state index >= 15 is 0 Å². The van der Waals surface area contributed by atoms with Crippen molar-refractivity contribution in [3.8, 4) is 0 Å². The third-order valence-corrected chi connectivity index (χ3v) is 4.30. The fourth-order valence-electron chi connectivity index (χ4n) is 3.29. The molecule has 122 valence electrons. The van der Waals surface area contributed by atoms with Gasteiger partial charge in [-0.1, -0.05) is 74.5 Å². The summed E-state index contributed by atoms with van der Waals surface area (Å²) in [4.78, 5) is 14.3. The highest BCUT2D eigenvalue weighted by Gasteiger charge is 2.41. The highest BCUT2D eigenvalue weighted by Crippen LogP contribution is 2.40. The average molecular weight is 310 g/mol. The fraction of sp³-hybridized carbons (Fsp3) is 0.350. The Balaban J connectivity index is 2.71. The van der Waals surface area contributed by atoms with Crippen molar-refractivity contribution < 1.29 is 4.79 Å². The summed E-state index contributed by atoms with van der Waals surface area (Å²) < 4.78 is 0. The Morgan fingerprint density at radius 1 is 1.00 bits per heavy atom. The predicted octanol–water partition coefficient (Wildman–Crippen LogP) is 4.25. The second-order valence-corrected chi connectivity index (χ2v) is 6.30. The molecule has 3 nitrogen and oxygen atoms in total. The lowest BCUT2D eigenvalue weighted by atomic mass is 9.75. The van der Waals surface area contributed by atoms with Crippen LogP contribution in [0.5, 0.6) is 0 Å². The molecule has 23 heavy (non-hydrogen) atoms. The van der Waals surface area contributed by atoms with Crippen LogP contribution in [0.1, 0.15) is 31.4 Å². The largest absolute Gasteiger partial charge is 0.341 e. The van der Waals surface area contributed by atoms with Crippen LogP contribution in [0.4, 0.5) is 4.79 Å². The number of nitrogens with one attached hydrogen (secondary N) is 1. The Labute approximate surface area is 139 Å². The number of amides is 2. The first-order chi connectivity index (χ1) is 11.0. The first-order valence-corrected chi connectivity index (χ1v) is 8.09. The normalized spacial score (nSPS) is 11.3. The van der Waals surface area contributed by atoms with Crippen LogP contribution in [0.3, 0.4) is 0 Å². The van der Waals surface area contributed by atoms with Gasteiger partial charge in [-0.15, -0.1) is 0 Å². The minimum atomic E-state index is -0.489. The summed E-state index contributed by atoms with van der Waals surface area (Å²) in [7, 11) is 3.55. The zero-order valence-corrected chi connectivity index (χ0v) is 14.4. The lowest BCUT2D eigenvalue weighted by Crippen LogP contribution is -2.51. The van der Waals surface area contributed by atoms with Gasteiger partial charge in [0.05, 0.1) is 5.54 Å². The van der Waals surface area contributed by atoms with E-state index in [-0.39, 0.29) is 6.03 Å². The summed E-state index contributed by atoms with van der Waals surface area (Å²) in [6.45, 7) is 4.39. The molecule has 2 aromatic carbocycles. The van der Waals surface area contributed by atoms with Crippen molar-refractivity contribution in [2.24, 2.45) is 5.92 Å². The predicted molar refractivity (Wildman–Crippen MR) is 95.3 cm³/mol. The molecule has 2 aromatic rings. The molecule has 0 heterocycles. The molecule has 3 heteroatoms. The third-order valence-electron chi connectivity index (χ3n) is 4.30. The topological polar surface area (TPSA) is 32.3 Å². The highest BCUT2D eigenvalue weighted by molar-refractivity contribution is 5.75. The number of carbonyl (C=O) groups is 1. The van der Waals surface area contributed by atoms with E-state index in [1.165, 1.54) is 0 Å². The Kier molecular flexibility index (Phi) is 5.43. The molecule has 2 amide bonds. The maximum absolute atomic E-state index is 12.5. The van der Waals surface area contributed by atoms with E-state index in [4.69, 9.17) is 0 Å². The molecular formula is C20H26N2O. The first-order valence-electron chi connectivity index (χ1n) is 8.09. The molecule has 0 aliphatic rings. The minimum absolute atomic E-state index is 0.0849. The van der Waals surface area contributed by atoms with E-state index in [1.54, 1.807) is 7.05 Å². The van der Waals surface area contributed by atoms with Gasteiger partial charge in [0.2, 0.25) is 0 Å². The van der Waals surface area contributed by atoms with Gasteiger partial charge in [-0.2, -0.15) is 0 Å². The number of carbonyl (C=O) groups excluding carboxylic acids is 1. The van der Waals surface area contributed by atoms with Crippen LogP contribution in [0, 0.1) is 5.92 Å². The molecule has 0 atom stereocenters. The standard InChI is InChI=1S/C20H26N2O/c1-16(2)15-20(22(4)19(23)21-3,17-11-7-5-8-12-17)18-13-9-6-10-14-18/h5-14,16H,15H2,1-4H3,(H,21,23). The van der Waals surface area contributed by atoms with Crippen molar-refractivity contribution in [3.63, 3.8) is 0 Å². The van der Waals surface area contributed by atoms with Crippen LogP contribution in [-0.2, 0) is 5.54 Å². The van der Waals surface area contributed by atoms with Crippen LogP contribution in [0.2, 0.25) is 0 Å². The van der Waals surface area contributed by atoms with Crippen LogP contribution < -0.4 is 5.32 Å². The summed E-state index contributed by atoms with van der Waals surface area (Å²) in [5.41, 5.74) is 1.77. The summed E-state index contributed by atoms with van der Waals surface area (Å²) in [5.74, 6) is 0.433. The van der Waals surface area contributed by atoms with Gasteiger partial charge in [0.1, 0.15) is 0 Å². The van der Waals surface area contributed by atoms with Crippen molar-refractivity contribution in [3.05, 3.63) is 71.8 Å². The van der Waals surface area contributed by atoms with E-state index in [2.05, 4.69) is 43.4 Å². The molecule has 0 unspecified atom stereocenters. The molecule has 0 fully saturated rings. The molecule has 0 aliphatic carbocycles. The van der Waals surface area contributed by atoms with Crippen molar-refractivity contribution in [1.82, 2.24) is 10.2 Å². The van der Waals surface area contributed by atoms with Crippen molar-refractivity contribution >= 4 is 6.03 Å². The Bertz CT molecular complexity index is 583. The molecule has 0 aliphatic heterocycles. The number of urea groups is 1. The maximum atomic E-state index is 12.5. The Hall–Kier alpha value is -2.29. The van der Waals surface area contributed by atoms with Crippen LogP contribution >= 0.6 is 0 Å². The summed E-state index contributed by atoms with van der Waals surface area (Å²) in [6, 6.07) is 20.5. The summed E-state index contributed by atoms with van der Waals surface area (Å²) in [6.07, 6.45) is 0.852. The van der Waals surface area contributed by atoms with Crippen molar-refractivity contribution in [1.29, 1.82) is 0 Å². The lowest BCUT2D eigenvalue weighted by molar-refractivity contribution is 0.142. The molecule has 0 aromatic heterocycles. The minimum Gasteiger partial charge on any atom is -0.341 e. The number of hydrogen-bond donors (Lipinski definition) is 1. The van der Waals surface area contributed by atoms with E-state index in [1.807, 2.05) is 48.3 Å². The molecule has 1 N–H and O–H groups in total. The van der Waals surface area contributed by atoms with Crippen LogP contribution in [0.15, 0.2) is 60.7 Å². The van der Waals surface area contributed by atoms with Gasteiger partial charge in [-0.25, -0.2) is 4.79 Å². The summed E-state index contributed by atoms with van der Waals surface area (Å²) >= 11 is 0. The zero-order chi connectivity index (χ0) is 16.9. The van der Waals surface area contributed by atoms with Gasteiger partial charge in [-0.3, -0.25) is 0 Å². The molecular weight excluding hydrogens is 284 g/mol. The molecule has 0 saturated carbocycles. The van der Waals surface area contributed by atoms with Crippen LogP contribution in [-0.4, -0.2) is 25.0 Å². The number of rotatable bonds is 5. The van der Waals surface area contributed by atoms with Gasteiger partial charge in [-0.05, 0) is 23.5 Å². The monoisotopic (exact) mass is 310 g/mol. The van der Waals surface area contributed by atoms with Gasteiger partial charge in [0, 0.05) is 14.1 Å². The molecule has 0 saturated heterocycles. The third kappa shape index (κ3) is 3.39. The zero-order valence-electron chi connectivity index (χ0n) is 14.4. The number of benzene rings is 2. The maximum Gasteiger partial charge on any atom is 0.317 e. The van der Waals surface area contributed by atoms with Crippen molar-refractivity contribution in [2.75, 3.05) is 14.1 Å². The Morgan fingerprint density at radius 3 is 1.78 bits per heavy atom. The fourth-order valence-corrected chi connectivity index (χ4v) is 3.29. The molecule has 2 rings (SSSR count). The Morgan fingerprint density at radius 2 is 1.43 bits per heavy atom. The second-order valence-electron chi connectivity index (χ2n) is 6.30. The SMILES string of the molecule is CNC(=O)N(C)C(CC(C)C)(c1ccccc1)c1ccccc1. The molecule has 0 bridgehead atoms. The highest BCUT2D eigenvalue weighted by atomic mass is 16.2. The van der Waals surface area contributed by atoms with E-state index in [9.17, 15) is 4.79 Å². The lowest BCUT2D eigenvalue weighted by Gasteiger charge is -2.44. The summed E-state index contributed by atoms with van der Waals surface area (Å²) in [5, 5.41) is 2.77. The van der Waals surface area contributed by atoms with Crippen LogP contribution in [0.25, 0.3) is 0 Å². The van der Waals surface area contributed by atoms with Gasteiger partial charge in [0.15, 0.2) is 0 Å². The first kappa shape index (κ1) is 17.1. The van der Waals surface area contributed by atoms with E-state index in [0.717, 1.165) is 17.5 Å². The number of nitrogens with zero attached hydrogens (tertiary/aromatic N) is 1. The molecule has 0 radical (unpaired) electrons. The van der Waals surface area contributed by atoms with Crippen molar-refractivity contribution in [2.45, 2.75) is 25.8 Å². The number of hydrogen-bond acceptors (Lipinski definition) is 1. The smallest absolute Gasteiger partial charge is 0.317 e. The second kappa shape index (κ2) is 7.32. The van der Waals surface area contributed by atoms with Gasteiger partial charge in [0.25, 0.3) is 0 Å². The molecule has 0 spiro atoms. The quantitative estimate of drug-likeness (QED) is 0.880. The van der Waals surface area contributed by atoms with Gasteiger partial charge >= 0.3 is 6.03 Å². The van der Waals surface area contributed by atoms with E-state index < -0.39 is 5.54 Å². The van der Waals surface area contributed by atoms with E-state index in [0.29, 0.717) is 5.92 Å². The van der Waals surface area contributed by atoms with Gasteiger partial charge < -0.3 is 10.2 Å². The average Bonchev–Trinajstić information content (AvgIpc) is 2.59.